The van der Waals surface area contributed by atoms with Crippen LogP contribution in [0.1, 0.15) is 25.7 Å². The van der Waals surface area contributed by atoms with Gasteiger partial charge in [-0.15, -0.1) is 0 Å². The number of hydrogen-bond acceptors (Lipinski definition) is 0. The van der Waals surface area contributed by atoms with E-state index in [2.05, 4.69) is 30.7 Å². The summed E-state index contributed by atoms with van der Waals surface area (Å²) in [5.74, 6) is 1.89. The third-order valence-electron chi connectivity index (χ3n) is 3.68. The second kappa shape index (κ2) is 2.87. The third kappa shape index (κ3) is 1.20. The molecule has 0 aromatic carbocycles. The van der Waals surface area contributed by atoms with Crippen molar-refractivity contribution in [2.24, 2.45) is 11.8 Å². The summed E-state index contributed by atoms with van der Waals surface area (Å²) in [6.07, 6.45) is 16.9. The van der Waals surface area contributed by atoms with Gasteiger partial charge in [-0.05, 0) is 43.1 Å². The zero-order chi connectivity index (χ0) is 8.67. The van der Waals surface area contributed by atoms with E-state index < -0.39 is 0 Å². The maximum Gasteiger partial charge on any atom is 0.00865 e. The van der Waals surface area contributed by atoms with Gasteiger partial charge in [-0.25, -0.2) is 0 Å². The van der Waals surface area contributed by atoms with Crippen LogP contribution in [0, 0.1) is 18.3 Å². The zero-order valence-corrected chi connectivity index (χ0v) is 7.87. The van der Waals surface area contributed by atoms with Crippen LogP contribution >= 0.6 is 0 Å². The predicted octanol–water partition coefficient (Wildman–Crippen LogP) is 3.43. The maximum atomic E-state index is 2.37. The van der Waals surface area contributed by atoms with Crippen molar-refractivity contribution in [3.05, 3.63) is 41.9 Å². The summed E-state index contributed by atoms with van der Waals surface area (Å²) in [7, 11) is 0. The molecular formula is C13H15. The molecule has 0 saturated heterocycles. The van der Waals surface area contributed by atoms with E-state index in [0.29, 0.717) is 0 Å². The molecule has 3 aliphatic rings. The summed E-state index contributed by atoms with van der Waals surface area (Å²) in [5.41, 5.74) is 3.24. The van der Waals surface area contributed by atoms with Crippen molar-refractivity contribution in [3.63, 3.8) is 0 Å². The molecule has 0 spiro atoms. The van der Waals surface area contributed by atoms with E-state index in [-0.39, 0.29) is 0 Å². The minimum absolute atomic E-state index is 0.944. The Morgan fingerprint density at radius 1 is 0.923 bits per heavy atom. The molecule has 3 rings (SSSR count). The second-order valence-corrected chi connectivity index (χ2v) is 4.45. The van der Waals surface area contributed by atoms with Crippen LogP contribution in [0.5, 0.6) is 0 Å². The van der Waals surface area contributed by atoms with Gasteiger partial charge in [-0.3, -0.25) is 0 Å². The van der Waals surface area contributed by atoms with Gasteiger partial charge in [0, 0.05) is 6.42 Å². The van der Waals surface area contributed by atoms with Crippen molar-refractivity contribution in [3.8, 4) is 0 Å². The monoisotopic (exact) mass is 171 g/mol. The van der Waals surface area contributed by atoms with Gasteiger partial charge in [-0.2, -0.15) is 0 Å². The maximum absolute atomic E-state index is 2.37. The normalized spacial score (nSPS) is 36.3. The molecule has 0 N–H and O–H groups in total. The van der Waals surface area contributed by atoms with Crippen LogP contribution in [0.2, 0.25) is 0 Å². The molecule has 0 aromatic heterocycles. The Morgan fingerprint density at radius 3 is 2.38 bits per heavy atom. The highest BCUT2D eigenvalue weighted by Gasteiger charge is 2.30. The molecule has 0 heteroatoms. The van der Waals surface area contributed by atoms with E-state index in [4.69, 9.17) is 0 Å². The first kappa shape index (κ1) is 7.61. The van der Waals surface area contributed by atoms with Crippen molar-refractivity contribution in [1.82, 2.24) is 0 Å². The first-order valence-corrected chi connectivity index (χ1v) is 5.32. The van der Waals surface area contributed by atoms with Crippen molar-refractivity contribution in [1.29, 1.82) is 0 Å². The van der Waals surface area contributed by atoms with Gasteiger partial charge in [0.15, 0.2) is 0 Å². The summed E-state index contributed by atoms with van der Waals surface area (Å²) in [6, 6.07) is 0. The minimum Gasteiger partial charge on any atom is -0.0882 e. The Balaban J connectivity index is 1.86. The Kier molecular flexibility index (Phi) is 1.68. The SMILES string of the molecule is [CH]1C=CC2=C1CC1CC=CCC1C2. The summed E-state index contributed by atoms with van der Waals surface area (Å²) in [4.78, 5) is 0. The average Bonchev–Trinajstić information content (AvgIpc) is 2.61. The fraction of sp³-hybridized carbons (Fsp3) is 0.462. The second-order valence-electron chi connectivity index (χ2n) is 4.45. The van der Waals surface area contributed by atoms with Crippen molar-refractivity contribution < 1.29 is 0 Å². The van der Waals surface area contributed by atoms with Gasteiger partial charge in [0.2, 0.25) is 0 Å². The molecule has 0 nitrogen and oxygen atoms in total. The molecular weight excluding hydrogens is 156 g/mol. The molecule has 0 aliphatic heterocycles. The van der Waals surface area contributed by atoms with Crippen LogP contribution < -0.4 is 0 Å². The van der Waals surface area contributed by atoms with Gasteiger partial charge < -0.3 is 0 Å². The molecule has 0 bridgehead atoms. The molecule has 0 heterocycles. The summed E-state index contributed by atoms with van der Waals surface area (Å²) < 4.78 is 0. The zero-order valence-electron chi connectivity index (χ0n) is 7.87. The van der Waals surface area contributed by atoms with Gasteiger partial charge in [0.1, 0.15) is 0 Å². The van der Waals surface area contributed by atoms with E-state index in [0.717, 1.165) is 11.8 Å². The van der Waals surface area contributed by atoms with Crippen LogP contribution in [-0.4, -0.2) is 0 Å². The first-order chi connectivity index (χ1) is 6.43. The highest BCUT2D eigenvalue weighted by Crippen LogP contribution is 2.43. The largest absolute Gasteiger partial charge is 0.0882 e. The predicted molar refractivity (Wildman–Crippen MR) is 55.1 cm³/mol. The van der Waals surface area contributed by atoms with Gasteiger partial charge in [0.05, 0.1) is 0 Å². The molecule has 0 amide bonds. The van der Waals surface area contributed by atoms with Crippen molar-refractivity contribution >= 4 is 0 Å². The highest BCUT2D eigenvalue weighted by molar-refractivity contribution is 5.44. The lowest BCUT2D eigenvalue weighted by Crippen LogP contribution is -2.21. The molecule has 0 aromatic rings. The standard InChI is InChI=1S/C13H15/c1-2-5-11-9-13-7-3-6-12(13)8-10(11)4-1/h1-3,6-7,10-11H,4-5,8-9H2. The van der Waals surface area contributed by atoms with Crippen LogP contribution in [-0.2, 0) is 0 Å². The number of allylic oxidation sites excluding steroid dienone is 6. The number of fused-ring (bicyclic) bond motifs is 1. The van der Waals surface area contributed by atoms with Crippen LogP contribution in [0.25, 0.3) is 0 Å². The van der Waals surface area contributed by atoms with Crippen LogP contribution in [0.15, 0.2) is 35.5 Å². The van der Waals surface area contributed by atoms with Crippen molar-refractivity contribution in [2.75, 3.05) is 0 Å². The van der Waals surface area contributed by atoms with Gasteiger partial charge >= 0.3 is 0 Å². The van der Waals surface area contributed by atoms with Crippen LogP contribution in [0.4, 0.5) is 0 Å². The number of rotatable bonds is 0. The Bertz CT molecular complexity index is 304. The van der Waals surface area contributed by atoms with E-state index >= 15 is 0 Å². The van der Waals surface area contributed by atoms with E-state index in [9.17, 15) is 0 Å². The van der Waals surface area contributed by atoms with Crippen LogP contribution in [0.3, 0.4) is 0 Å². The highest BCUT2D eigenvalue weighted by atomic mass is 14.3. The smallest absolute Gasteiger partial charge is 0.00865 e. The quantitative estimate of drug-likeness (QED) is 0.490. The summed E-state index contributed by atoms with van der Waals surface area (Å²) in [5, 5.41) is 0. The summed E-state index contributed by atoms with van der Waals surface area (Å²) in [6.45, 7) is 0. The molecule has 0 saturated carbocycles. The Labute approximate surface area is 80.0 Å². The fourth-order valence-corrected chi connectivity index (χ4v) is 2.88. The Hall–Kier alpha value is -0.780. The lowest BCUT2D eigenvalue weighted by molar-refractivity contribution is 0.304. The molecule has 0 fully saturated rings. The van der Waals surface area contributed by atoms with E-state index in [1.165, 1.54) is 25.7 Å². The molecule has 67 valence electrons. The lowest BCUT2D eigenvalue weighted by Gasteiger charge is -2.33. The average molecular weight is 171 g/mol. The lowest BCUT2D eigenvalue weighted by atomic mass is 9.71. The van der Waals surface area contributed by atoms with Gasteiger partial charge in [0.25, 0.3) is 0 Å². The van der Waals surface area contributed by atoms with Gasteiger partial charge in [-0.1, -0.05) is 29.9 Å². The van der Waals surface area contributed by atoms with Crippen molar-refractivity contribution in [2.45, 2.75) is 25.7 Å². The topological polar surface area (TPSA) is 0 Å². The molecule has 13 heavy (non-hydrogen) atoms. The minimum atomic E-state index is 0.944. The fourth-order valence-electron chi connectivity index (χ4n) is 2.88. The molecule has 3 aliphatic carbocycles. The summed E-state index contributed by atoms with van der Waals surface area (Å²) >= 11 is 0. The first-order valence-electron chi connectivity index (χ1n) is 5.32. The molecule has 2 unspecified atom stereocenters. The molecule has 1 radical (unpaired) electrons. The molecule has 2 atom stereocenters. The third-order valence-corrected chi connectivity index (χ3v) is 3.68. The Morgan fingerprint density at radius 2 is 1.62 bits per heavy atom. The number of hydrogen-bond donors (Lipinski definition) is 0. The van der Waals surface area contributed by atoms with E-state index in [1.54, 1.807) is 11.1 Å². The van der Waals surface area contributed by atoms with E-state index in [1.807, 2.05) is 0 Å².